The summed E-state index contributed by atoms with van der Waals surface area (Å²) < 4.78 is 41.4. The van der Waals surface area contributed by atoms with E-state index in [4.69, 9.17) is 11.8 Å². The highest BCUT2D eigenvalue weighted by atomic mass is 35.5. The summed E-state index contributed by atoms with van der Waals surface area (Å²) in [6.07, 6.45) is 3.94. The first kappa shape index (κ1) is 27.1. The number of aryl methyl sites for hydroxylation is 1. The van der Waals surface area contributed by atoms with E-state index in [0.29, 0.717) is 38.2 Å². The quantitative estimate of drug-likeness (QED) is 0.234. The Kier molecular flexibility index (Phi) is 9.19. The van der Waals surface area contributed by atoms with Crippen molar-refractivity contribution in [2.45, 2.75) is 57.1 Å². The maximum Gasteiger partial charge on any atom is 0.284 e. The van der Waals surface area contributed by atoms with E-state index in [-0.39, 0.29) is 36.3 Å². The van der Waals surface area contributed by atoms with Crippen molar-refractivity contribution in [3.8, 4) is 0 Å². The fourth-order valence-electron chi connectivity index (χ4n) is 4.92. The molecular weight excluding hydrogens is 483 g/mol. The second-order valence-electron chi connectivity index (χ2n) is 9.12. The molecule has 2 heterocycles. The average Bonchev–Trinajstić information content (AvgIpc) is 2.84. The predicted molar refractivity (Wildman–Crippen MR) is 131 cm³/mol. The number of halogens is 2. The summed E-state index contributed by atoms with van der Waals surface area (Å²) in [5.41, 5.74) is 1.42. The molecule has 0 aromatic heterocycles. The number of hydrogen-bond donors (Lipinski definition) is 1. The van der Waals surface area contributed by atoms with Crippen molar-refractivity contribution in [3.63, 3.8) is 0 Å². The van der Waals surface area contributed by atoms with Crippen molar-refractivity contribution in [1.82, 2.24) is 13.8 Å². The molecule has 1 amide bonds. The van der Waals surface area contributed by atoms with Gasteiger partial charge in [0.1, 0.15) is 5.82 Å². The molecule has 11 heteroatoms. The van der Waals surface area contributed by atoms with Gasteiger partial charge in [-0.2, -0.15) is 4.31 Å². The summed E-state index contributed by atoms with van der Waals surface area (Å²) in [6.45, 7) is 6.78. The second-order valence-corrected chi connectivity index (χ2v) is 11.7. The number of anilines is 1. The summed E-state index contributed by atoms with van der Waals surface area (Å²) in [5, 5.41) is 9.64. The highest BCUT2D eigenvalue weighted by Crippen LogP contribution is 2.36. The third-order valence-corrected chi connectivity index (χ3v) is 9.96. The smallest absolute Gasteiger partial charge is 0.284 e. The van der Waals surface area contributed by atoms with Crippen LogP contribution in [-0.4, -0.2) is 83.9 Å². The van der Waals surface area contributed by atoms with E-state index in [0.717, 1.165) is 31.5 Å². The molecule has 0 spiro atoms. The zero-order chi connectivity index (χ0) is 24.9. The first-order chi connectivity index (χ1) is 16.2. The minimum Gasteiger partial charge on any atom is -0.369 e. The number of likely N-dealkylation sites (tertiary alicyclic amines) is 1. The molecule has 1 aromatic rings. The van der Waals surface area contributed by atoms with Crippen molar-refractivity contribution < 1.29 is 22.8 Å². The lowest BCUT2D eigenvalue weighted by molar-refractivity contribution is -0.150. The van der Waals surface area contributed by atoms with E-state index < -0.39 is 20.7 Å². The third kappa shape index (κ3) is 5.51. The topological polar surface area (TPSA) is 84.4 Å². The number of hydroxylamine groups is 1. The number of piperazine rings is 1. The molecule has 1 aromatic carbocycles. The van der Waals surface area contributed by atoms with Crippen LogP contribution < -0.4 is 4.90 Å². The Labute approximate surface area is 207 Å². The van der Waals surface area contributed by atoms with Gasteiger partial charge in [-0.3, -0.25) is 10.0 Å². The van der Waals surface area contributed by atoms with Crippen molar-refractivity contribution in [2.75, 3.05) is 50.7 Å². The number of sulfonamides is 1. The maximum atomic E-state index is 14.6. The number of hydrogen-bond acceptors (Lipinski definition) is 6. The number of piperidine rings is 1. The third-order valence-electron chi connectivity index (χ3n) is 7.19. The molecule has 0 atom stereocenters. The highest BCUT2D eigenvalue weighted by molar-refractivity contribution is 7.91. The first-order valence-corrected chi connectivity index (χ1v) is 13.9. The summed E-state index contributed by atoms with van der Waals surface area (Å²) in [6, 6.07) is 5.22. The van der Waals surface area contributed by atoms with Gasteiger partial charge in [0.05, 0.1) is 0 Å². The van der Waals surface area contributed by atoms with Gasteiger partial charge >= 0.3 is 0 Å². The molecule has 0 aliphatic carbocycles. The van der Waals surface area contributed by atoms with Crippen LogP contribution in [0.1, 0.15) is 51.5 Å². The van der Waals surface area contributed by atoms with Crippen LogP contribution in [0.25, 0.3) is 0 Å². The van der Waals surface area contributed by atoms with E-state index in [1.54, 1.807) is 0 Å². The number of benzene rings is 1. The lowest BCUT2D eigenvalue weighted by Gasteiger charge is -2.44. The molecule has 0 saturated carbocycles. The molecule has 2 aliphatic rings. The van der Waals surface area contributed by atoms with Crippen molar-refractivity contribution in [2.24, 2.45) is 0 Å². The van der Waals surface area contributed by atoms with Gasteiger partial charge in [0.2, 0.25) is 10.0 Å². The Morgan fingerprint density at radius 2 is 1.76 bits per heavy atom. The predicted octanol–water partition coefficient (Wildman–Crippen LogP) is 3.24. The number of unbranched alkanes of at least 4 members (excludes halogenated alkanes) is 2. The van der Waals surface area contributed by atoms with Crippen LogP contribution in [0.3, 0.4) is 0 Å². The first-order valence-electron chi connectivity index (χ1n) is 12.1. The molecular formula is C23H36ClFN4O4S. The molecule has 0 unspecified atom stereocenters. The molecule has 0 radical (unpaired) electrons. The molecule has 0 bridgehead atoms. The minimum atomic E-state index is -4.09. The molecule has 2 fully saturated rings. The number of carbonyl (C=O) groups excluding carboxylic acids is 1. The molecule has 34 heavy (non-hydrogen) atoms. The Balaban J connectivity index is 1.71. The molecule has 2 aliphatic heterocycles. The van der Waals surface area contributed by atoms with Crippen LogP contribution in [0, 0.1) is 5.82 Å². The van der Waals surface area contributed by atoms with Gasteiger partial charge in [0, 0.05) is 56.7 Å². The minimum absolute atomic E-state index is 0.0662. The van der Waals surface area contributed by atoms with E-state index in [1.165, 1.54) is 10.4 Å². The standard InChI is InChI=1S/C23H36ClFN4O4S/c1-3-5-6-7-19-8-9-20(18-21(19)25)27-14-16-28(17-15-27)34(32,33)23(22(30)29(24)31)10-12-26(4-2)13-11-23/h8-9,18,31H,3-7,10-17H2,1-2H3. The number of carbonyl (C=O) groups is 1. The van der Waals surface area contributed by atoms with Crippen LogP contribution in [0.15, 0.2) is 18.2 Å². The van der Waals surface area contributed by atoms with Gasteiger partial charge < -0.3 is 9.80 Å². The largest absolute Gasteiger partial charge is 0.369 e. The van der Waals surface area contributed by atoms with Crippen LogP contribution in [-0.2, 0) is 21.2 Å². The molecule has 1 N–H and O–H groups in total. The van der Waals surface area contributed by atoms with E-state index in [1.807, 2.05) is 24.0 Å². The van der Waals surface area contributed by atoms with E-state index in [9.17, 15) is 22.8 Å². The Bertz CT molecular complexity index is 946. The fourth-order valence-corrected chi connectivity index (χ4v) is 7.27. The van der Waals surface area contributed by atoms with Gasteiger partial charge in [-0.15, -0.1) is 4.58 Å². The zero-order valence-electron chi connectivity index (χ0n) is 20.0. The second kappa shape index (κ2) is 11.5. The number of amides is 1. The SMILES string of the molecule is CCCCCc1ccc(N2CCN(S(=O)(=O)C3(C(=O)N(O)Cl)CCN(CC)CC3)CC2)cc1F. The van der Waals surface area contributed by atoms with Crippen LogP contribution in [0.2, 0.25) is 0 Å². The molecule has 192 valence electrons. The van der Waals surface area contributed by atoms with Crippen LogP contribution in [0.4, 0.5) is 10.1 Å². The van der Waals surface area contributed by atoms with Crippen molar-refractivity contribution in [3.05, 3.63) is 29.6 Å². The zero-order valence-corrected chi connectivity index (χ0v) is 21.6. The number of rotatable bonds is 9. The number of nitrogens with zero attached hydrogens (tertiary/aromatic N) is 4. The van der Waals surface area contributed by atoms with Crippen molar-refractivity contribution >= 4 is 33.4 Å². The van der Waals surface area contributed by atoms with Crippen LogP contribution in [0.5, 0.6) is 0 Å². The van der Waals surface area contributed by atoms with Gasteiger partial charge in [0.15, 0.2) is 4.75 Å². The van der Waals surface area contributed by atoms with Gasteiger partial charge in [0.25, 0.3) is 5.91 Å². The Morgan fingerprint density at radius 1 is 1.12 bits per heavy atom. The summed E-state index contributed by atoms with van der Waals surface area (Å²) in [5.74, 6) is -1.24. The normalized spacial score (nSPS) is 19.9. The van der Waals surface area contributed by atoms with E-state index >= 15 is 0 Å². The van der Waals surface area contributed by atoms with Crippen molar-refractivity contribution in [1.29, 1.82) is 0 Å². The Hall–Kier alpha value is -1.46. The lowest BCUT2D eigenvalue weighted by atomic mass is 9.95. The Morgan fingerprint density at radius 3 is 2.29 bits per heavy atom. The fraction of sp³-hybridized carbons (Fsp3) is 0.696. The monoisotopic (exact) mass is 518 g/mol. The summed E-state index contributed by atoms with van der Waals surface area (Å²) >= 11 is 5.54. The summed E-state index contributed by atoms with van der Waals surface area (Å²) in [7, 11) is -4.09. The molecule has 2 saturated heterocycles. The highest BCUT2D eigenvalue weighted by Gasteiger charge is 2.56. The van der Waals surface area contributed by atoms with Gasteiger partial charge in [-0.05, 0) is 49.9 Å². The summed E-state index contributed by atoms with van der Waals surface area (Å²) in [4.78, 5) is 16.8. The van der Waals surface area contributed by atoms with Gasteiger partial charge in [-0.25, -0.2) is 12.8 Å². The molecule has 3 rings (SSSR count). The average molecular weight is 519 g/mol. The molecule has 8 nitrogen and oxygen atoms in total. The van der Waals surface area contributed by atoms with Crippen LogP contribution >= 0.6 is 11.8 Å². The van der Waals surface area contributed by atoms with Gasteiger partial charge in [-0.1, -0.05) is 32.8 Å². The van der Waals surface area contributed by atoms with E-state index in [2.05, 4.69) is 11.8 Å². The maximum absolute atomic E-state index is 14.6. The lowest BCUT2D eigenvalue weighted by Crippen LogP contribution is -2.63.